The summed E-state index contributed by atoms with van der Waals surface area (Å²) in [5.74, 6) is -0.388. The highest BCUT2D eigenvalue weighted by Crippen LogP contribution is 2.21. The van der Waals surface area contributed by atoms with Crippen molar-refractivity contribution in [3.63, 3.8) is 0 Å². The molecule has 0 aliphatic heterocycles. The number of para-hydroxylation sites is 1. The fourth-order valence-corrected chi connectivity index (χ4v) is 3.70. The topological polar surface area (TPSA) is 66.5 Å². The van der Waals surface area contributed by atoms with Gasteiger partial charge in [0, 0.05) is 9.26 Å². The Morgan fingerprint density at radius 3 is 2.17 bits per heavy atom. The summed E-state index contributed by atoms with van der Waals surface area (Å²) < 4.78 is 26.4. The van der Waals surface area contributed by atoms with Crippen molar-refractivity contribution in [2.45, 2.75) is 13.0 Å². The lowest BCUT2D eigenvalue weighted by Gasteiger charge is -2.28. The second-order valence-electron chi connectivity index (χ2n) is 5.07. The number of sulfonamides is 1. The van der Waals surface area contributed by atoms with E-state index in [9.17, 15) is 13.2 Å². The second-order valence-corrected chi connectivity index (χ2v) is 8.17. The molecule has 1 unspecified atom stereocenters. The average molecular weight is 444 g/mol. The summed E-state index contributed by atoms with van der Waals surface area (Å²) >= 11 is 2.17. The number of anilines is 2. The maximum absolute atomic E-state index is 12.4. The van der Waals surface area contributed by atoms with E-state index >= 15 is 0 Å². The van der Waals surface area contributed by atoms with Gasteiger partial charge in [0.25, 0.3) is 0 Å². The van der Waals surface area contributed by atoms with Gasteiger partial charge in [-0.05, 0) is 65.9 Å². The lowest BCUT2D eigenvalue weighted by Crippen LogP contribution is -2.45. The molecule has 2 aromatic rings. The Bertz CT molecular complexity index is 777. The first kappa shape index (κ1) is 17.7. The summed E-state index contributed by atoms with van der Waals surface area (Å²) in [5, 5.41) is 2.74. The third-order valence-corrected chi connectivity index (χ3v) is 5.17. The van der Waals surface area contributed by atoms with Gasteiger partial charge in [-0.3, -0.25) is 9.10 Å². The van der Waals surface area contributed by atoms with Crippen molar-refractivity contribution in [3.8, 4) is 0 Å². The minimum absolute atomic E-state index is 0.388. The highest BCUT2D eigenvalue weighted by Gasteiger charge is 2.28. The molecule has 1 N–H and O–H groups in total. The number of benzene rings is 2. The summed E-state index contributed by atoms with van der Waals surface area (Å²) in [5.41, 5.74) is 1.09. The highest BCUT2D eigenvalue weighted by molar-refractivity contribution is 14.1. The van der Waals surface area contributed by atoms with Crippen LogP contribution in [0.1, 0.15) is 6.92 Å². The van der Waals surface area contributed by atoms with Crippen LogP contribution in [0.4, 0.5) is 11.4 Å². The molecule has 1 atom stereocenters. The fraction of sp³-hybridized carbons (Fsp3) is 0.188. The van der Waals surface area contributed by atoms with Gasteiger partial charge in [-0.25, -0.2) is 8.42 Å². The molecule has 23 heavy (non-hydrogen) atoms. The van der Waals surface area contributed by atoms with Gasteiger partial charge in [-0.2, -0.15) is 0 Å². The van der Waals surface area contributed by atoms with Crippen LogP contribution in [-0.2, 0) is 14.8 Å². The zero-order valence-corrected chi connectivity index (χ0v) is 15.7. The van der Waals surface area contributed by atoms with Crippen LogP contribution in [0.5, 0.6) is 0 Å². The summed E-state index contributed by atoms with van der Waals surface area (Å²) in [6.45, 7) is 1.57. The molecule has 5 nitrogen and oxygen atoms in total. The molecule has 1 amide bonds. The SMILES string of the molecule is CC(C(=O)Nc1ccc(I)cc1)N(c1ccccc1)S(C)(=O)=O. The van der Waals surface area contributed by atoms with Gasteiger partial charge in [-0.1, -0.05) is 18.2 Å². The van der Waals surface area contributed by atoms with Crippen LogP contribution in [0, 0.1) is 3.57 Å². The van der Waals surface area contributed by atoms with Crippen molar-refractivity contribution in [1.29, 1.82) is 0 Å². The van der Waals surface area contributed by atoms with Gasteiger partial charge in [-0.15, -0.1) is 0 Å². The summed E-state index contributed by atoms with van der Waals surface area (Å²) in [6.07, 6.45) is 1.09. The summed E-state index contributed by atoms with van der Waals surface area (Å²) in [6, 6.07) is 15.0. The number of nitrogens with zero attached hydrogens (tertiary/aromatic N) is 1. The van der Waals surface area contributed by atoms with Gasteiger partial charge in [0.1, 0.15) is 6.04 Å². The molecule has 2 rings (SSSR count). The Hall–Kier alpha value is -1.61. The van der Waals surface area contributed by atoms with Crippen LogP contribution in [0.2, 0.25) is 0 Å². The monoisotopic (exact) mass is 444 g/mol. The number of hydrogen-bond acceptors (Lipinski definition) is 3. The molecule has 0 aliphatic rings. The molecule has 0 saturated heterocycles. The average Bonchev–Trinajstić information content (AvgIpc) is 2.49. The molecule has 122 valence electrons. The Morgan fingerprint density at radius 2 is 1.65 bits per heavy atom. The van der Waals surface area contributed by atoms with Gasteiger partial charge in [0.05, 0.1) is 11.9 Å². The fourth-order valence-electron chi connectivity index (χ4n) is 2.16. The molecular formula is C16H17IN2O3S. The normalized spacial score (nSPS) is 12.5. The lowest BCUT2D eigenvalue weighted by molar-refractivity contribution is -0.116. The summed E-state index contributed by atoms with van der Waals surface area (Å²) in [7, 11) is -3.59. The first-order chi connectivity index (χ1) is 10.8. The molecule has 0 radical (unpaired) electrons. The number of nitrogens with one attached hydrogen (secondary N) is 1. The first-order valence-electron chi connectivity index (χ1n) is 6.90. The number of rotatable bonds is 5. The Balaban J connectivity index is 2.25. The third-order valence-electron chi connectivity index (χ3n) is 3.21. The van der Waals surface area contributed by atoms with E-state index in [-0.39, 0.29) is 5.91 Å². The van der Waals surface area contributed by atoms with Crippen molar-refractivity contribution < 1.29 is 13.2 Å². The lowest BCUT2D eigenvalue weighted by atomic mass is 10.2. The van der Waals surface area contributed by atoms with E-state index in [1.165, 1.54) is 0 Å². The summed E-state index contributed by atoms with van der Waals surface area (Å²) in [4.78, 5) is 12.4. The molecule has 0 bridgehead atoms. The van der Waals surface area contributed by atoms with Gasteiger partial charge in [0.2, 0.25) is 15.9 Å². The van der Waals surface area contributed by atoms with Gasteiger partial charge >= 0.3 is 0 Å². The number of hydrogen-bond donors (Lipinski definition) is 1. The number of carbonyl (C=O) groups excluding carboxylic acids is 1. The Kier molecular flexibility index (Phi) is 5.64. The number of halogens is 1. The standard InChI is InChI=1S/C16H17IN2O3S/c1-12(16(20)18-14-10-8-13(17)9-11-14)19(23(2,21)22)15-6-4-3-5-7-15/h3-12H,1-2H3,(H,18,20). The molecule has 0 aromatic heterocycles. The number of carbonyl (C=O) groups is 1. The van der Waals surface area contributed by atoms with Gasteiger partial charge < -0.3 is 5.32 Å². The van der Waals surface area contributed by atoms with Crippen molar-refractivity contribution in [2.75, 3.05) is 15.9 Å². The molecule has 0 fully saturated rings. The van der Waals surface area contributed by atoms with Crippen molar-refractivity contribution in [3.05, 3.63) is 58.2 Å². The molecule has 0 aliphatic carbocycles. The van der Waals surface area contributed by atoms with Crippen LogP contribution in [0.15, 0.2) is 54.6 Å². The maximum Gasteiger partial charge on any atom is 0.247 e. The second kappa shape index (κ2) is 7.31. The minimum atomic E-state index is -3.59. The van der Waals surface area contributed by atoms with Crippen LogP contribution >= 0.6 is 22.6 Å². The first-order valence-corrected chi connectivity index (χ1v) is 9.82. The van der Waals surface area contributed by atoms with Crippen LogP contribution in [-0.4, -0.2) is 26.6 Å². The van der Waals surface area contributed by atoms with E-state index in [1.54, 1.807) is 49.4 Å². The molecule has 0 heterocycles. The predicted octanol–water partition coefficient (Wildman–Crippen LogP) is 3.08. The van der Waals surface area contributed by atoms with E-state index < -0.39 is 16.1 Å². The minimum Gasteiger partial charge on any atom is -0.324 e. The quantitative estimate of drug-likeness (QED) is 0.721. The van der Waals surface area contributed by atoms with E-state index in [4.69, 9.17) is 0 Å². The Morgan fingerprint density at radius 1 is 1.09 bits per heavy atom. The zero-order chi connectivity index (χ0) is 17.0. The molecular weight excluding hydrogens is 427 g/mol. The predicted molar refractivity (Wildman–Crippen MR) is 101 cm³/mol. The van der Waals surface area contributed by atoms with Crippen LogP contribution < -0.4 is 9.62 Å². The smallest absolute Gasteiger partial charge is 0.247 e. The van der Waals surface area contributed by atoms with Crippen molar-refractivity contribution in [1.82, 2.24) is 0 Å². The highest BCUT2D eigenvalue weighted by atomic mass is 127. The van der Waals surface area contributed by atoms with Crippen LogP contribution in [0.25, 0.3) is 0 Å². The molecule has 0 saturated carbocycles. The number of amides is 1. The Labute approximate surface area is 149 Å². The van der Waals surface area contributed by atoms with Crippen molar-refractivity contribution in [2.24, 2.45) is 0 Å². The van der Waals surface area contributed by atoms with Crippen molar-refractivity contribution >= 4 is 49.9 Å². The van der Waals surface area contributed by atoms with Gasteiger partial charge in [0.15, 0.2) is 0 Å². The molecule has 7 heteroatoms. The largest absolute Gasteiger partial charge is 0.324 e. The zero-order valence-electron chi connectivity index (χ0n) is 12.7. The molecule has 2 aromatic carbocycles. The molecule has 0 spiro atoms. The van der Waals surface area contributed by atoms with E-state index in [1.807, 2.05) is 12.1 Å². The third kappa shape index (κ3) is 4.68. The maximum atomic E-state index is 12.4. The van der Waals surface area contributed by atoms with Crippen LogP contribution in [0.3, 0.4) is 0 Å². The van der Waals surface area contributed by atoms with E-state index in [0.717, 1.165) is 14.1 Å². The van der Waals surface area contributed by atoms with E-state index in [2.05, 4.69) is 27.9 Å². The van der Waals surface area contributed by atoms with E-state index in [0.29, 0.717) is 11.4 Å².